The molecule has 0 amide bonds. The fourth-order valence-electron chi connectivity index (χ4n) is 0.487. The Morgan fingerprint density at radius 2 is 2.18 bits per heavy atom. The van der Waals surface area contributed by atoms with Crippen LogP contribution in [0.25, 0.3) is 0 Å². The van der Waals surface area contributed by atoms with Crippen LogP contribution in [0.1, 0.15) is 0 Å². The Labute approximate surface area is 62.0 Å². The number of ether oxygens (including phenoxy) is 1. The monoisotopic (exact) mass is 155 g/mol. The zero-order valence-electron chi connectivity index (χ0n) is 5.51. The molecule has 6 heteroatoms. The minimum absolute atomic E-state index is 0.296. The molecule has 0 N–H and O–H groups in total. The molecule has 0 aromatic carbocycles. The first-order valence-electron chi connectivity index (χ1n) is 2.78. The third-order valence-electron chi connectivity index (χ3n) is 0.874. The van der Waals surface area contributed by atoms with Gasteiger partial charge in [0.15, 0.2) is 5.75 Å². The highest BCUT2D eigenvalue weighted by Crippen LogP contribution is 2.02. The molecule has 0 fully saturated rings. The molecule has 0 aliphatic carbocycles. The van der Waals surface area contributed by atoms with E-state index in [0.717, 1.165) is 0 Å². The fraction of sp³-hybridized carbons (Fsp3) is 0.200. The van der Waals surface area contributed by atoms with Gasteiger partial charge in [-0.05, 0) is 0 Å². The summed E-state index contributed by atoms with van der Waals surface area (Å²) in [6, 6.07) is 0. The van der Waals surface area contributed by atoms with E-state index >= 15 is 0 Å². The maximum absolute atomic E-state index is 9.81. The van der Waals surface area contributed by atoms with Gasteiger partial charge in [-0.25, -0.2) is 9.97 Å². The summed E-state index contributed by atoms with van der Waals surface area (Å²) >= 11 is 0. The van der Waals surface area contributed by atoms with Gasteiger partial charge in [0.1, 0.15) is 6.33 Å². The van der Waals surface area contributed by atoms with Crippen LogP contribution in [-0.4, -0.2) is 21.6 Å². The van der Waals surface area contributed by atoms with Gasteiger partial charge in [0.2, 0.25) is 0 Å². The van der Waals surface area contributed by atoms with E-state index in [1.54, 1.807) is 0 Å². The van der Waals surface area contributed by atoms with Gasteiger partial charge >= 0.3 is 6.73 Å². The summed E-state index contributed by atoms with van der Waals surface area (Å²) in [4.78, 5) is 16.4. The zero-order valence-corrected chi connectivity index (χ0v) is 5.51. The number of hydrogen-bond donors (Lipinski definition) is 0. The van der Waals surface area contributed by atoms with Gasteiger partial charge in [-0.2, -0.15) is 0 Å². The molecule has 0 radical (unpaired) electrons. The highest BCUT2D eigenvalue weighted by molar-refractivity contribution is 5.09. The number of hydrogen-bond acceptors (Lipinski definition) is 5. The maximum atomic E-state index is 9.81. The Hall–Kier alpha value is -1.72. The molecule has 1 aromatic rings. The summed E-state index contributed by atoms with van der Waals surface area (Å²) in [5, 5.41) is 9.81. The first-order chi connectivity index (χ1) is 5.29. The molecule has 0 spiro atoms. The first kappa shape index (κ1) is 7.39. The Bertz CT molecular complexity index is 238. The summed E-state index contributed by atoms with van der Waals surface area (Å²) in [6.07, 6.45) is 4.03. The molecule has 0 saturated heterocycles. The minimum atomic E-state index is -0.576. The number of aromatic nitrogens is 2. The molecule has 1 rings (SSSR count). The highest BCUT2D eigenvalue weighted by Gasteiger charge is 1.97. The summed E-state index contributed by atoms with van der Waals surface area (Å²) in [5.74, 6) is 0.296. The Balaban J connectivity index is 2.45. The van der Waals surface area contributed by atoms with Gasteiger partial charge in [-0.15, -0.1) is 0 Å². The molecule has 11 heavy (non-hydrogen) atoms. The smallest absolute Gasteiger partial charge is 0.344 e. The van der Waals surface area contributed by atoms with Crippen LogP contribution in [0, 0.1) is 10.1 Å². The van der Waals surface area contributed by atoms with Crippen LogP contribution in [0.3, 0.4) is 0 Å². The van der Waals surface area contributed by atoms with Gasteiger partial charge in [0.05, 0.1) is 17.3 Å². The van der Waals surface area contributed by atoms with Crippen LogP contribution in [0.15, 0.2) is 18.7 Å². The Kier molecular flexibility index (Phi) is 2.32. The normalized spacial score (nSPS) is 9.09. The lowest BCUT2D eigenvalue weighted by molar-refractivity contribution is -0.514. The van der Waals surface area contributed by atoms with E-state index in [1.165, 1.54) is 18.7 Å². The van der Waals surface area contributed by atoms with Crippen molar-refractivity contribution in [3.8, 4) is 5.75 Å². The van der Waals surface area contributed by atoms with Crippen LogP contribution in [-0.2, 0) is 0 Å². The highest BCUT2D eigenvalue weighted by atomic mass is 16.7. The lowest BCUT2D eigenvalue weighted by atomic mass is 10.6. The topological polar surface area (TPSA) is 78.2 Å². The van der Waals surface area contributed by atoms with Crippen molar-refractivity contribution in [2.24, 2.45) is 0 Å². The van der Waals surface area contributed by atoms with Gasteiger partial charge in [-0.1, -0.05) is 0 Å². The quantitative estimate of drug-likeness (QED) is 0.351. The molecule has 1 aromatic heterocycles. The second-order valence-electron chi connectivity index (χ2n) is 1.68. The van der Waals surface area contributed by atoms with E-state index in [1.807, 2.05) is 0 Å². The van der Waals surface area contributed by atoms with Crippen molar-refractivity contribution in [2.45, 2.75) is 0 Å². The molecule has 0 bridgehead atoms. The van der Waals surface area contributed by atoms with E-state index in [9.17, 15) is 10.1 Å². The van der Waals surface area contributed by atoms with E-state index in [0.29, 0.717) is 5.75 Å². The molecule has 6 nitrogen and oxygen atoms in total. The van der Waals surface area contributed by atoms with E-state index in [4.69, 9.17) is 0 Å². The van der Waals surface area contributed by atoms with Crippen molar-refractivity contribution >= 4 is 0 Å². The van der Waals surface area contributed by atoms with Gasteiger partial charge in [0, 0.05) is 0 Å². The summed E-state index contributed by atoms with van der Waals surface area (Å²) in [5.41, 5.74) is 0. The van der Waals surface area contributed by atoms with Gasteiger partial charge in [-0.3, -0.25) is 10.1 Å². The molecule has 0 aliphatic rings. The summed E-state index contributed by atoms with van der Waals surface area (Å²) in [7, 11) is 0. The van der Waals surface area contributed by atoms with Crippen LogP contribution in [0.5, 0.6) is 5.75 Å². The van der Waals surface area contributed by atoms with E-state index < -0.39 is 11.7 Å². The van der Waals surface area contributed by atoms with Crippen molar-refractivity contribution in [3.05, 3.63) is 28.8 Å². The summed E-state index contributed by atoms with van der Waals surface area (Å²) in [6.45, 7) is -0.562. The molecule has 0 saturated carbocycles. The second kappa shape index (κ2) is 3.45. The van der Waals surface area contributed by atoms with Crippen molar-refractivity contribution in [3.63, 3.8) is 0 Å². The molecule has 0 unspecified atom stereocenters. The van der Waals surface area contributed by atoms with Crippen LogP contribution < -0.4 is 4.74 Å². The van der Waals surface area contributed by atoms with Crippen molar-refractivity contribution in [2.75, 3.05) is 6.73 Å². The number of rotatable bonds is 3. The Morgan fingerprint density at radius 1 is 1.55 bits per heavy atom. The number of nitrogens with zero attached hydrogens (tertiary/aromatic N) is 3. The van der Waals surface area contributed by atoms with Crippen LogP contribution in [0.2, 0.25) is 0 Å². The molecule has 0 atom stereocenters. The third-order valence-corrected chi connectivity index (χ3v) is 0.874. The standard InChI is InChI=1S/C5H5N3O3/c9-8(10)4-11-5-1-6-3-7-2-5/h1-3H,4H2. The third kappa shape index (κ3) is 2.57. The van der Waals surface area contributed by atoms with Crippen molar-refractivity contribution < 1.29 is 9.66 Å². The zero-order chi connectivity index (χ0) is 8.10. The van der Waals surface area contributed by atoms with Crippen LogP contribution >= 0.6 is 0 Å². The largest absolute Gasteiger partial charge is 0.429 e. The van der Waals surface area contributed by atoms with Crippen molar-refractivity contribution in [1.82, 2.24) is 9.97 Å². The lowest BCUT2D eigenvalue weighted by Crippen LogP contribution is -2.08. The van der Waals surface area contributed by atoms with E-state index in [2.05, 4.69) is 14.7 Å². The van der Waals surface area contributed by atoms with Crippen molar-refractivity contribution in [1.29, 1.82) is 0 Å². The fourth-order valence-corrected chi connectivity index (χ4v) is 0.487. The molecular formula is C5H5N3O3. The first-order valence-corrected chi connectivity index (χ1v) is 2.78. The maximum Gasteiger partial charge on any atom is 0.344 e. The number of nitro groups is 1. The minimum Gasteiger partial charge on any atom is -0.429 e. The average molecular weight is 155 g/mol. The molecular weight excluding hydrogens is 150 g/mol. The molecule has 1 heterocycles. The SMILES string of the molecule is O=[N+]([O-])COc1cncnc1. The van der Waals surface area contributed by atoms with Gasteiger partial charge < -0.3 is 4.74 Å². The molecule has 58 valence electrons. The lowest BCUT2D eigenvalue weighted by Gasteiger charge is -1.96. The molecule has 0 aliphatic heterocycles. The average Bonchev–Trinajstić information content (AvgIpc) is 2.03. The summed E-state index contributed by atoms with van der Waals surface area (Å²) < 4.78 is 4.64. The predicted octanol–water partition coefficient (Wildman–Crippen LogP) is 0.0896. The Morgan fingerprint density at radius 3 is 2.73 bits per heavy atom. The second-order valence-corrected chi connectivity index (χ2v) is 1.68. The predicted molar refractivity (Wildman–Crippen MR) is 34.5 cm³/mol. The van der Waals surface area contributed by atoms with Crippen LogP contribution in [0.4, 0.5) is 0 Å². The van der Waals surface area contributed by atoms with E-state index in [-0.39, 0.29) is 0 Å². The van der Waals surface area contributed by atoms with Gasteiger partial charge in [0.25, 0.3) is 0 Å².